The number of rotatable bonds is 1. The van der Waals surface area contributed by atoms with Gasteiger partial charge in [-0.25, -0.2) is 4.79 Å². The van der Waals surface area contributed by atoms with Gasteiger partial charge in [0.15, 0.2) is 0 Å². The third-order valence-corrected chi connectivity index (χ3v) is 4.57. The molecule has 2 atom stereocenters. The van der Waals surface area contributed by atoms with Crippen LogP contribution in [0.15, 0.2) is 18.2 Å². The van der Waals surface area contributed by atoms with E-state index in [-0.39, 0.29) is 22.7 Å². The molecule has 0 radical (unpaired) electrons. The summed E-state index contributed by atoms with van der Waals surface area (Å²) in [6, 6.07) is 5.75. The Bertz CT molecular complexity index is 552. The first-order chi connectivity index (χ1) is 9.58. The first kappa shape index (κ1) is 16.0. The van der Waals surface area contributed by atoms with E-state index in [1.54, 1.807) is 0 Å². The molecule has 0 aliphatic heterocycles. The minimum atomic E-state index is -0.402. The van der Waals surface area contributed by atoms with Gasteiger partial charge >= 0.3 is 5.97 Å². The Hall–Kier alpha value is -1.35. The van der Waals surface area contributed by atoms with Crippen molar-refractivity contribution in [1.82, 2.24) is 0 Å². The molecule has 0 saturated heterocycles. The second kappa shape index (κ2) is 5.13. The lowest BCUT2D eigenvalue weighted by atomic mass is 9.61. The number of aliphatic hydroxyl groups is 1. The zero-order valence-corrected chi connectivity index (χ0v) is 13.9. The van der Waals surface area contributed by atoms with Crippen LogP contribution < -0.4 is 0 Å². The largest absolute Gasteiger partial charge is 0.465 e. The van der Waals surface area contributed by atoms with E-state index in [1.807, 2.05) is 18.2 Å². The topological polar surface area (TPSA) is 46.5 Å². The SMILES string of the molecule is COC(=O)c1ccc2c(c1)C(C(C)(C)C)C(O)CC2(C)C. The molecule has 0 saturated carbocycles. The standard InChI is InChI=1S/C18H26O3/c1-17(2,3)15-12-9-11(16(20)21-6)7-8-13(12)18(4,5)10-14(15)19/h7-9,14-15,19H,10H2,1-6H3. The summed E-state index contributed by atoms with van der Waals surface area (Å²) >= 11 is 0. The second-order valence-corrected chi connectivity index (χ2v) is 7.79. The summed E-state index contributed by atoms with van der Waals surface area (Å²) in [6.07, 6.45) is 0.333. The number of aliphatic hydroxyl groups excluding tert-OH is 1. The van der Waals surface area contributed by atoms with Crippen LogP contribution in [0.4, 0.5) is 0 Å². The number of fused-ring (bicyclic) bond motifs is 1. The fourth-order valence-electron chi connectivity index (χ4n) is 3.68. The molecule has 0 fully saturated rings. The molecule has 3 nitrogen and oxygen atoms in total. The molecule has 0 aromatic heterocycles. The van der Waals surface area contributed by atoms with E-state index >= 15 is 0 Å². The Labute approximate surface area is 127 Å². The van der Waals surface area contributed by atoms with Crippen molar-refractivity contribution in [2.75, 3.05) is 7.11 Å². The predicted molar refractivity (Wildman–Crippen MR) is 83.6 cm³/mol. The fraction of sp³-hybridized carbons (Fsp3) is 0.611. The molecule has 2 rings (SSSR count). The van der Waals surface area contributed by atoms with Gasteiger partial charge in [0.25, 0.3) is 0 Å². The summed E-state index contributed by atoms with van der Waals surface area (Å²) in [7, 11) is 1.39. The first-order valence-corrected chi connectivity index (χ1v) is 7.49. The van der Waals surface area contributed by atoms with E-state index in [0.717, 1.165) is 12.0 Å². The van der Waals surface area contributed by atoms with Gasteiger partial charge < -0.3 is 9.84 Å². The van der Waals surface area contributed by atoms with Gasteiger partial charge in [-0.05, 0) is 40.5 Å². The highest BCUT2D eigenvalue weighted by molar-refractivity contribution is 5.89. The molecule has 3 heteroatoms. The van der Waals surface area contributed by atoms with Crippen LogP contribution in [-0.2, 0) is 10.2 Å². The molecule has 1 aliphatic rings. The number of hydrogen-bond donors (Lipinski definition) is 1. The first-order valence-electron chi connectivity index (χ1n) is 7.49. The lowest BCUT2D eigenvalue weighted by Crippen LogP contribution is -2.41. The van der Waals surface area contributed by atoms with E-state index in [2.05, 4.69) is 34.6 Å². The van der Waals surface area contributed by atoms with Crippen LogP contribution in [0.1, 0.15) is 68.4 Å². The Morgan fingerprint density at radius 1 is 1.33 bits per heavy atom. The summed E-state index contributed by atoms with van der Waals surface area (Å²) in [5.41, 5.74) is 2.69. The number of carbonyl (C=O) groups excluding carboxylic acids is 1. The van der Waals surface area contributed by atoms with Crippen LogP contribution in [0, 0.1) is 5.41 Å². The quantitative estimate of drug-likeness (QED) is 0.803. The average Bonchev–Trinajstić information content (AvgIpc) is 2.34. The van der Waals surface area contributed by atoms with Crippen LogP contribution in [0.3, 0.4) is 0 Å². The highest BCUT2D eigenvalue weighted by atomic mass is 16.5. The number of carbonyl (C=O) groups is 1. The molecule has 1 N–H and O–H groups in total. The molecule has 1 aliphatic carbocycles. The maximum absolute atomic E-state index is 11.8. The van der Waals surface area contributed by atoms with Gasteiger partial charge in [-0.15, -0.1) is 0 Å². The highest BCUT2D eigenvalue weighted by Gasteiger charge is 2.43. The summed E-state index contributed by atoms with van der Waals surface area (Å²) in [5.74, 6) is -0.312. The van der Waals surface area contributed by atoms with Crippen molar-refractivity contribution in [3.05, 3.63) is 34.9 Å². The molecule has 2 unspecified atom stereocenters. The van der Waals surface area contributed by atoms with E-state index in [4.69, 9.17) is 4.74 Å². The Morgan fingerprint density at radius 3 is 2.48 bits per heavy atom. The van der Waals surface area contributed by atoms with Crippen LogP contribution in [0.2, 0.25) is 0 Å². The van der Waals surface area contributed by atoms with E-state index < -0.39 is 6.10 Å². The Kier molecular flexibility index (Phi) is 3.92. The van der Waals surface area contributed by atoms with Crippen molar-refractivity contribution in [3.8, 4) is 0 Å². The maximum atomic E-state index is 11.8. The van der Waals surface area contributed by atoms with Crippen LogP contribution in [0.25, 0.3) is 0 Å². The van der Waals surface area contributed by atoms with Crippen LogP contribution in [-0.4, -0.2) is 24.3 Å². The van der Waals surface area contributed by atoms with Crippen molar-refractivity contribution in [1.29, 1.82) is 0 Å². The molecule has 0 amide bonds. The fourth-order valence-corrected chi connectivity index (χ4v) is 3.68. The molecular weight excluding hydrogens is 264 g/mol. The summed E-state index contributed by atoms with van der Waals surface area (Å²) in [5, 5.41) is 10.7. The van der Waals surface area contributed by atoms with Gasteiger partial charge in [0.05, 0.1) is 18.8 Å². The van der Waals surface area contributed by atoms with Crippen molar-refractivity contribution in [2.45, 2.75) is 58.5 Å². The van der Waals surface area contributed by atoms with E-state index in [1.165, 1.54) is 12.7 Å². The van der Waals surface area contributed by atoms with Gasteiger partial charge in [-0.1, -0.05) is 40.7 Å². The number of methoxy groups -OCH3 is 1. The van der Waals surface area contributed by atoms with E-state index in [9.17, 15) is 9.90 Å². The lowest BCUT2D eigenvalue weighted by Gasteiger charge is -2.45. The van der Waals surface area contributed by atoms with Gasteiger partial charge in [0.2, 0.25) is 0 Å². The van der Waals surface area contributed by atoms with Gasteiger partial charge in [0.1, 0.15) is 0 Å². The van der Waals surface area contributed by atoms with Crippen molar-refractivity contribution in [3.63, 3.8) is 0 Å². The molecule has 116 valence electrons. The third kappa shape index (κ3) is 2.84. The molecule has 1 aromatic carbocycles. The molecule has 21 heavy (non-hydrogen) atoms. The second-order valence-electron chi connectivity index (χ2n) is 7.79. The van der Waals surface area contributed by atoms with Gasteiger partial charge in [0, 0.05) is 5.92 Å². The average molecular weight is 290 g/mol. The monoisotopic (exact) mass is 290 g/mol. The Balaban J connectivity index is 2.64. The third-order valence-electron chi connectivity index (χ3n) is 4.57. The number of benzene rings is 1. The number of esters is 1. The van der Waals surface area contributed by atoms with Crippen molar-refractivity contribution < 1.29 is 14.6 Å². The highest BCUT2D eigenvalue weighted by Crippen LogP contribution is 2.49. The van der Waals surface area contributed by atoms with Crippen LogP contribution in [0.5, 0.6) is 0 Å². The number of ether oxygens (including phenoxy) is 1. The zero-order valence-electron chi connectivity index (χ0n) is 13.9. The maximum Gasteiger partial charge on any atom is 0.337 e. The molecule has 0 heterocycles. The van der Waals surface area contributed by atoms with Crippen molar-refractivity contribution in [2.24, 2.45) is 5.41 Å². The minimum Gasteiger partial charge on any atom is -0.465 e. The predicted octanol–water partition coefficient (Wildman–Crippen LogP) is 3.65. The molecule has 0 bridgehead atoms. The lowest BCUT2D eigenvalue weighted by molar-refractivity contribution is 0.0519. The van der Waals surface area contributed by atoms with Crippen molar-refractivity contribution >= 4 is 5.97 Å². The van der Waals surface area contributed by atoms with Gasteiger partial charge in [-0.2, -0.15) is 0 Å². The number of hydrogen-bond acceptors (Lipinski definition) is 3. The normalized spacial score (nSPS) is 24.3. The van der Waals surface area contributed by atoms with Gasteiger partial charge in [-0.3, -0.25) is 0 Å². The van der Waals surface area contributed by atoms with E-state index in [0.29, 0.717) is 5.56 Å². The summed E-state index contributed by atoms with van der Waals surface area (Å²) in [4.78, 5) is 11.8. The molecule has 1 aromatic rings. The Morgan fingerprint density at radius 2 is 1.95 bits per heavy atom. The molecule has 0 spiro atoms. The zero-order chi connectivity index (χ0) is 16.0. The minimum absolute atomic E-state index is 0.0186. The summed E-state index contributed by atoms with van der Waals surface area (Å²) in [6.45, 7) is 10.7. The smallest absolute Gasteiger partial charge is 0.337 e. The summed E-state index contributed by atoms with van der Waals surface area (Å²) < 4.78 is 4.83. The van der Waals surface area contributed by atoms with Crippen LogP contribution >= 0.6 is 0 Å². The molecular formula is C18H26O3.